The lowest BCUT2D eigenvalue weighted by atomic mass is 9.74. The summed E-state index contributed by atoms with van der Waals surface area (Å²) in [5.41, 5.74) is 1.50. The van der Waals surface area contributed by atoms with Crippen LogP contribution < -0.4 is 10.6 Å². The summed E-state index contributed by atoms with van der Waals surface area (Å²) in [5, 5.41) is 7.17. The Morgan fingerprint density at radius 3 is 2.50 bits per heavy atom. The van der Waals surface area contributed by atoms with Crippen LogP contribution in [0.5, 0.6) is 0 Å². The first-order valence-corrected chi connectivity index (χ1v) is 9.82. The molecule has 3 rings (SSSR count). The number of nitrogens with zero attached hydrogens (tertiary/aromatic N) is 1. The van der Waals surface area contributed by atoms with Crippen LogP contribution in [0.4, 0.5) is 0 Å². The highest BCUT2D eigenvalue weighted by Gasteiger charge is 2.34. The summed E-state index contributed by atoms with van der Waals surface area (Å²) >= 11 is 3.54. The van der Waals surface area contributed by atoms with Gasteiger partial charge < -0.3 is 15.4 Å². The summed E-state index contributed by atoms with van der Waals surface area (Å²) in [6.07, 6.45) is 7.26. The quantitative estimate of drug-likeness (QED) is 0.606. The molecular formula is C19H28BrN3O. The van der Waals surface area contributed by atoms with Crippen molar-refractivity contribution in [1.29, 1.82) is 0 Å². The van der Waals surface area contributed by atoms with E-state index in [1.54, 1.807) is 0 Å². The second kappa shape index (κ2) is 8.34. The second-order valence-electron chi connectivity index (χ2n) is 6.95. The third-order valence-electron chi connectivity index (χ3n) is 5.42. The van der Waals surface area contributed by atoms with Crippen molar-refractivity contribution in [3.05, 3.63) is 34.3 Å². The van der Waals surface area contributed by atoms with Gasteiger partial charge >= 0.3 is 0 Å². The van der Waals surface area contributed by atoms with Crippen LogP contribution in [-0.2, 0) is 10.2 Å². The zero-order chi connectivity index (χ0) is 16.8. The number of halogens is 1. The fourth-order valence-corrected chi connectivity index (χ4v) is 4.11. The first kappa shape index (κ1) is 17.7. The van der Waals surface area contributed by atoms with E-state index in [1.165, 1.54) is 31.2 Å². The van der Waals surface area contributed by atoms with Gasteiger partial charge in [0.25, 0.3) is 0 Å². The van der Waals surface area contributed by atoms with Crippen LogP contribution in [-0.4, -0.2) is 38.8 Å². The van der Waals surface area contributed by atoms with Crippen molar-refractivity contribution in [2.75, 3.05) is 26.8 Å². The number of ether oxygens (including phenoxy) is 1. The Labute approximate surface area is 153 Å². The molecule has 1 aliphatic carbocycles. The van der Waals surface area contributed by atoms with Crippen molar-refractivity contribution in [3.8, 4) is 0 Å². The Bertz CT molecular complexity index is 546. The third kappa shape index (κ3) is 4.31. The van der Waals surface area contributed by atoms with Crippen LogP contribution in [0.2, 0.25) is 0 Å². The van der Waals surface area contributed by atoms with Gasteiger partial charge in [-0.15, -0.1) is 0 Å². The van der Waals surface area contributed by atoms with Gasteiger partial charge in [-0.2, -0.15) is 0 Å². The number of nitrogens with one attached hydrogen (secondary N) is 2. The molecule has 1 aromatic carbocycles. The Hall–Kier alpha value is -1.07. The maximum atomic E-state index is 5.63. The van der Waals surface area contributed by atoms with Gasteiger partial charge in [-0.3, -0.25) is 4.99 Å². The minimum absolute atomic E-state index is 0.117. The molecule has 1 aliphatic heterocycles. The number of benzene rings is 1. The van der Waals surface area contributed by atoms with Gasteiger partial charge in [-0.05, 0) is 43.4 Å². The highest BCUT2D eigenvalue weighted by Crippen LogP contribution is 2.35. The van der Waals surface area contributed by atoms with Gasteiger partial charge in [0.05, 0.1) is 0 Å². The third-order valence-corrected chi connectivity index (χ3v) is 5.95. The Kier molecular flexibility index (Phi) is 6.17. The summed E-state index contributed by atoms with van der Waals surface area (Å²) in [5.74, 6) is 0.935. The molecule has 1 saturated carbocycles. The van der Waals surface area contributed by atoms with E-state index < -0.39 is 0 Å². The molecule has 0 aromatic heterocycles. The normalized spacial score (nSPS) is 21.7. The molecule has 0 radical (unpaired) electrons. The van der Waals surface area contributed by atoms with Crippen LogP contribution in [0.15, 0.2) is 33.7 Å². The molecule has 0 amide bonds. The van der Waals surface area contributed by atoms with Crippen LogP contribution in [0, 0.1) is 0 Å². The predicted molar refractivity (Wildman–Crippen MR) is 103 cm³/mol. The monoisotopic (exact) mass is 393 g/mol. The van der Waals surface area contributed by atoms with E-state index in [2.05, 4.69) is 55.8 Å². The fourth-order valence-electron chi connectivity index (χ4n) is 3.84. The molecule has 2 N–H and O–H groups in total. The van der Waals surface area contributed by atoms with Crippen molar-refractivity contribution in [3.63, 3.8) is 0 Å². The molecule has 1 aromatic rings. The fraction of sp³-hybridized carbons (Fsp3) is 0.632. The van der Waals surface area contributed by atoms with Crippen molar-refractivity contribution >= 4 is 21.9 Å². The van der Waals surface area contributed by atoms with Gasteiger partial charge in [0, 0.05) is 42.7 Å². The lowest BCUT2D eigenvalue weighted by Crippen LogP contribution is -2.49. The predicted octanol–water partition coefficient (Wildman–Crippen LogP) is 3.60. The minimum Gasteiger partial charge on any atom is -0.381 e. The average molecular weight is 394 g/mol. The average Bonchev–Trinajstić information content (AvgIpc) is 3.13. The molecular weight excluding hydrogens is 366 g/mol. The highest BCUT2D eigenvalue weighted by atomic mass is 79.9. The summed E-state index contributed by atoms with van der Waals surface area (Å²) in [4.78, 5) is 4.43. The van der Waals surface area contributed by atoms with Crippen LogP contribution in [0.1, 0.15) is 44.1 Å². The van der Waals surface area contributed by atoms with Crippen molar-refractivity contribution in [2.24, 2.45) is 4.99 Å². The van der Waals surface area contributed by atoms with Gasteiger partial charge in [0.1, 0.15) is 0 Å². The standard InChI is InChI=1S/C19H28BrN3O/c1-21-18(23-17-4-2-3-5-17)22-14-19(10-12-24-13-11-19)15-6-8-16(20)9-7-15/h6-9,17H,2-5,10-14H2,1H3,(H2,21,22,23). The van der Waals surface area contributed by atoms with E-state index in [4.69, 9.17) is 4.74 Å². The molecule has 0 unspecified atom stereocenters. The molecule has 0 atom stereocenters. The van der Waals surface area contributed by atoms with Crippen molar-refractivity contribution in [1.82, 2.24) is 10.6 Å². The summed E-state index contributed by atoms with van der Waals surface area (Å²) in [6, 6.07) is 9.33. The van der Waals surface area contributed by atoms with Gasteiger partial charge in [-0.1, -0.05) is 40.9 Å². The zero-order valence-electron chi connectivity index (χ0n) is 14.5. The maximum Gasteiger partial charge on any atom is 0.191 e. The molecule has 1 saturated heterocycles. The van der Waals surface area contributed by atoms with Crippen molar-refractivity contribution < 1.29 is 4.74 Å². The van der Waals surface area contributed by atoms with Gasteiger partial charge in [0.15, 0.2) is 5.96 Å². The summed E-state index contributed by atoms with van der Waals surface area (Å²) < 4.78 is 6.75. The molecule has 1 heterocycles. The number of aliphatic imine (C=N–C) groups is 1. The van der Waals surface area contributed by atoms with Crippen LogP contribution in [0.3, 0.4) is 0 Å². The number of hydrogen-bond acceptors (Lipinski definition) is 2. The molecule has 0 spiro atoms. The number of hydrogen-bond donors (Lipinski definition) is 2. The van der Waals surface area contributed by atoms with E-state index in [0.717, 1.165) is 43.0 Å². The summed E-state index contributed by atoms with van der Waals surface area (Å²) in [7, 11) is 1.86. The topological polar surface area (TPSA) is 45.7 Å². The molecule has 0 bridgehead atoms. The largest absolute Gasteiger partial charge is 0.381 e. The molecule has 5 heteroatoms. The SMILES string of the molecule is CN=C(NCC1(c2ccc(Br)cc2)CCOCC1)NC1CCCC1. The highest BCUT2D eigenvalue weighted by molar-refractivity contribution is 9.10. The van der Waals surface area contributed by atoms with Crippen LogP contribution in [0.25, 0.3) is 0 Å². The molecule has 2 fully saturated rings. The van der Waals surface area contributed by atoms with Gasteiger partial charge in [0.2, 0.25) is 0 Å². The number of guanidine groups is 1. The smallest absolute Gasteiger partial charge is 0.191 e. The lowest BCUT2D eigenvalue weighted by molar-refractivity contribution is 0.0513. The number of rotatable bonds is 4. The van der Waals surface area contributed by atoms with E-state index in [1.807, 2.05) is 7.05 Å². The van der Waals surface area contributed by atoms with E-state index in [0.29, 0.717) is 6.04 Å². The van der Waals surface area contributed by atoms with Gasteiger partial charge in [-0.25, -0.2) is 0 Å². The van der Waals surface area contributed by atoms with E-state index in [9.17, 15) is 0 Å². The second-order valence-corrected chi connectivity index (χ2v) is 7.87. The molecule has 2 aliphatic rings. The molecule has 24 heavy (non-hydrogen) atoms. The Balaban J connectivity index is 1.68. The van der Waals surface area contributed by atoms with Crippen LogP contribution >= 0.6 is 15.9 Å². The zero-order valence-corrected chi connectivity index (χ0v) is 16.1. The first-order chi connectivity index (χ1) is 11.7. The molecule has 4 nitrogen and oxygen atoms in total. The Morgan fingerprint density at radius 1 is 1.21 bits per heavy atom. The lowest BCUT2D eigenvalue weighted by Gasteiger charge is -2.38. The van der Waals surface area contributed by atoms with E-state index >= 15 is 0 Å². The van der Waals surface area contributed by atoms with Crippen molar-refractivity contribution in [2.45, 2.75) is 50.0 Å². The van der Waals surface area contributed by atoms with E-state index in [-0.39, 0.29) is 5.41 Å². The minimum atomic E-state index is 0.117. The maximum absolute atomic E-state index is 5.63. The first-order valence-electron chi connectivity index (χ1n) is 9.03. The summed E-state index contributed by atoms with van der Waals surface area (Å²) in [6.45, 7) is 2.54. The molecule has 132 valence electrons. The Morgan fingerprint density at radius 2 is 1.88 bits per heavy atom.